The molecule has 0 aliphatic carbocycles. The van der Waals surface area contributed by atoms with Crippen LogP contribution < -0.4 is 0 Å². The maximum Gasteiger partial charge on any atom is 0.401 e. The van der Waals surface area contributed by atoms with Gasteiger partial charge in [-0.2, -0.15) is 13.2 Å². The summed E-state index contributed by atoms with van der Waals surface area (Å²) in [4.78, 5) is 15.2. The van der Waals surface area contributed by atoms with Crippen molar-refractivity contribution in [1.82, 2.24) is 9.80 Å². The van der Waals surface area contributed by atoms with Crippen molar-refractivity contribution < 1.29 is 18.0 Å². The summed E-state index contributed by atoms with van der Waals surface area (Å²) in [6.45, 7) is 0.279. The summed E-state index contributed by atoms with van der Waals surface area (Å²) in [6, 6.07) is 7.22. The largest absolute Gasteiger partial charge is 0.401 e. The van der Waals surface area contributed by atoms with Gasteiger partial charge in [-0.15, -0.1) is 0 Å². The predicted molar refractivity (Wildman–Crippen MR) is 77.6 cm³/mol. The first kappa shape index (κ1) is 15.6. The van der Waals surface area contributed by atoms with Crippen LogP contribution in [0.1, 0.15) is 10.4 Å². The van der Waals surface area contributed by atoms with Crippen LogP contribution in [-0.2, 0) is 0 Å². The van der Waals surface area contributed by atoms with Crippen LogP contribution in [0.15, 0.2) is 24.3 Å². The van der Waals surface area contributed by atoms with E-state index in [9.17, 15) is 18.0 Å². The lowest BCUT2D eigenvalue weighted by atomic mass is 10.2. The zero-order valence-corrected chi connectivity index (χ0v) is 12.8. The Kier molecular flexibility index (Phi) is 4.90. The van der Waals surface area contributed by atoms with E-state index < -0.39 is 12.7 Å². The van der Waals surface area contributed by atoms with Gasteiger partial charge < -0.3 is 4.90 Å². The predicted octanol–water partition coefficient (Wildman–Crippen LogP) is 2.61. The van der Waals surface area contributed by atoms with Crippen LogP contribution in [0.25, 0.3) is 0 Å². The van der Waals surface area contributed by atoms with Gasteiger partial charge >= 0.3 is 6.18 Å². The fourth-order valence-electron chi connectivity index (χ4n) is 2.17. The molecule has 0 atom stereocenters. The second-order valence-electron chi connectivity index (χ2n) is 4.66. The van der Waals surface area contributed by atoms with Crippen molar-refractivity contribution in [1.29, 1.82) is 0 Å². The van der Waals surface area contributed by atoms with Crippen molar-refractivity contribution in [3.63, 3.8) is 0 Å². The van der Waals surface area contributed by atoms with E-state index in [1.54, 1.807) is 17.0 Å². The third-order valence-corrected chi connectivity index (χ3v) is 4.11. The van der Waals surface area contributed by atoms with Gasteiger partial charge in [0.15, 0.2) is 0 Å². The first-order valence-electron chi connectivity index (χ1n) is 6.20. The van der Waals surface area contributed by atoms with Gasteiger partial charge in [0.25, 0.3) is 5.91 Å². The summed E-state index contributed by atoms with van der Waals surface area (Å²) in [5.41, 5.74) is 0.609. The summed E-state index contributed by atoms with van der Waals surface area (Å²) in [5.74, 6) is -0.110. The number of amides is 1. The van der Waals surface area contributed by atoms with Crippen molar-refractivity contribution in [2.75, 3.05) is 32.7 Å². The second kappa shape index (κ2) is 6.30. The molecule has 110 valence electrons. The van der Waals surface area contributed by atoms with E-state index in [0.29, 0.717) is 18.7 Å². The number of piperazine rings is 1. The molecule has 1 amide bonds. The van der Waals surface area contributed by atoms with Crippen LogP contribution in [0.3, 0.4) is 0 Å². The highest BCUT2D eigenvalue weighted by Gasteiger charge is 2.33. The molecular formula is C13H14F3IN2O. The van der Waals surface area contributed by atoms with Gasteiger partial charge in [-0.25, -0.2) is 0 Å². The number of nitrogens with zero attached hydrogens (tertiary/aromatic N) is 2. The Morgan fingerprint density at radius 1 is 1.15 bits per heavy atom. The summed E-state index contributed by atoms with van der Waals surface area (Å²) in [6.07, 6.45) is -4.18. The number of hydrogen-bond acceptors (Lipinski definition) is 2. The van der Waals surface area contributed by atoms with Crippen molar-refractivity contribution in [3.8, 4) is 0 Å². The topological polar surface area (TPSA) is 23.6 Å². The molecule has 0 unspecified atom stereocenters. The van der Waals surface area contributed by atoms with Crippen molar-refractivity contribution in [2.45, 2.75) is 6.18 Å². The second-order valence-corrected chi connectivity index (χ2v) is 5.83. The van der Waals surface area contributed by atoms with Crippen molar-refractivity contribution in [2.24, 2.45) is 0 Å². The Hall–Kier alpha value is -0.830. The van der Waals surface area contributed by atoms with Crippen LogP contribution in [0.4, 0.5) is 13.2 Å². The minimum atomic E-state index is -4.18. The number of carbonyl (C=O) groups excluding carboxylic acids is 1. The SMILES string of the molecule is O=C(c1ccccc1I)N1CCN(CC(F)(F)F)CC1. The van der Waals surface area contributed by atoms with Gasteiger partial charge in [-0.05, 0) is 34.7 Å². The van der Waals surface area contributed by atoms with Crippen LogP contribution in [0, 0.1) is 3.57 Å². The summed E-state index contributed by atoms with van der Waals surface area (Å²) < 4.78 is 37.7. The Labute approximate surface area is 128 Å². The van der Waals surface area contributed by atoms with E-state index in [0.717, 1.165) is 3.57 Å². The zero-order valence-electron chi connectivity index (χ0n) is 10.7. The van der Waals surface area contributed by atoms with Crippen LogP contribution in [0.2, 0.25) is 0 Å². The number of alkyl halides is 3. The molecule has 0 radical (unpaired) electrons. The Morgan fingerprint density at radius 2 is 1.75 bits per heavy atom. The van der Waals surface area contributed by atoms with E-state index in [1.807, 2.05) is 12.1 Å². The molecule has 0 aromatic heterocycles. The first-order chi connectivity index (χ1) is 9.37. The Bertz CT molecular complexity index is 485. The fourth-order valence-corrected chi connectivity index (χ4v) is 2.79. The smallest absolute Gasteiger partial charge is 0.336 e. The molecule has 7 heteroatoms. The van der Waals surface area contributed by atoms with Crippen molar-refractivity contribution in [3.05, 3.63) is 33.4 Å². The van der Waals surface area contributed by atoms with E-state index in [1.165, 1.54) is 4.90 Å². The third-order valence-electron chi connectivity index (χ3n) is 3.17. The Morgan fingerprint density at radius 3 is 2.30 bits per heavy atom. The summed E-state index contributed by atoms with van der Waals surface area (Å²) >= 11 is 2.09. The van der Waals surface area contributed by atoms with Gasteiger partial charge in [0, 0.05) is 29.7 Å². The molecular weight excluding hydrogens is 384 g/mol. The molecule has 0 N–H and O–H groups in total. The molecule has 3 nitrogen and oxygen atoms in total. The zero-order chi connectivity index (χ0) is 14.8. The molecule has 1 saturated heterocycles. The molecule has 0 spiro atoms. The lowest BCUT2D eigenvalue weighted by molar-refractivity contribution is -0.148. The molecule has 1 aliphatic rings. The van der Waals surface area contributed by atoms with E-state index >= 15 is 0 Å². The minimum absolute atomic E-state index is 0.110. The van der Waals surface area contributed by atoms with Crippen LogP contribution in [-0.4, -0.2) is 54.6 Å². The molecule has 1 aromatic carbocycles. The Balaban J connectivity index is 1.94. The molecule has 1 heterocycles. The molecule has 0 saturated carbocycles. The highest BCUT2D eigenvalue weighted by atomic mass is 127. The quantitative estimate of drug-likeness (QED) is 0.716. The number of hydrogen-bond donors (Lipinski definition) is 0. The number of benzene rings is 1. The summed E-state index contributed by atoms with van der Waals surface area (Å²) in [7, 11) is 0. The average Bonchev–Trinajstić information content (AvgIpc) is 2.37. The van der Waals surface area contributed by atoms with Crippen LogP contribution >= 0.6 is 22.6 Å². The standard InChI is InChI=1S/C13H14F3IN2O/c14-13(15,16)9-18-5-7-19(8-6-18)12(20)10-3-1-2-4-11(10)17/h1-4H,5-9H2. The minimum Gasteiger partial charge on any atom is -0.336 e. The van der Waals surface area contributed by atoms with Gasteiger partial charge in [0.05, 0.1) is 12.1 Å². The van der Waals surface area contributed by atoms with Crippen LogP contribution in [0.5, 0.6) is 0 Å². The van der Waals surface area contributed by atoms with Gasteiger partial charge in [0.2, 0.25) is 0 Å². The number of halogens is 4. The lowest BCUT2D eigenvalue weighted by Crippen LogP contribution is -2.51. The van der Waals surface area contributed by atoms with Crippen molar-refractivity contribution >= 4 is 28.5 Å². The lowest BCUT2D eigenvalue weighted by Gasteiger charge is -2.35. The normalized spacial score (nSPS) is 17.3. The third kappa shape index (κ3) is 4.08. The number of carbonyl (C=O) groups is 1. The number of rotatable bonds is 2. The van der Waals surface area contributed by atoms with Gasteiger partial charge in [-0.1, -0.05) is 12.1 Å². The molecule has 0 bridgehead atoms. The fraction of sp³-hybridized carbons (Fsp3) is 0.462. The first-order valence-corrected chi connectivity index (χ1v) is 7.27. The maximum absolute atomic E-state index is 12.3. The van der Waals surface area contributed by atoms with E-state index in [4.69, 9.17) is 0 Å². The highest BCUT2D eigenvalue weighted by molar-refractivity contribution is 14.1. The maximum atomic E-state index is 12.3. The molecule has 1 aromatic rings. The van der Waals surface area contributed by atoms with Gasteiger partial charge in [0.1, 0.15) is 0 Å². The average molecular weight is 398 g/mol. The summed E-state index contributed by atoms with van der Waals surface area (Å²) in [5, 5.41) is 0. The molecule has 1 fully saturated rings. The van der Waals surface area contributed by atoms with Gasteiger partial charge in [-0.3, -0.25) is 9.69 Å². The highest BCUT2D eigenvalue weighted by Crippen LogP contribution is 2.19. The molecule has 2 rings (SSSR count). The monoisotopic (exact) mass is 398 g/mol. The molecule has 1 aliphatic heterocycles. The van der Waals surface area contributed by atoms with E-state index in [2.05, 4.69) is 22.6 Å². The van der Waals surface area contributed by atoms with E-state index in [-0.39, 0.29) is 19.0 Å². The molecule has 20 heavy (non-hydrogen) atoms.